The number of ether oxygens (including phenoxy) is 1. The van der Waals surface area contributed by atoms with Gasteiger partial charge in [-0.2, -0.15) is 8.42 Å². The van der Waals surface area contributed by atoms with E-state index < -0.39 is 27.9 Å². The van der Waals surface area contributed by atoms with Crippen molar-refractivity contribution in [2.75, 3.05) is 0 Å². The lowest BCUT2D eigenvalue weighted by Crippen LogP contribution is -2.49. The Labute approximate surface area is 130 Å². The summed E-state index contributed by atoms with van der Waals surface area (Å²) in [7, 11) is -3.75. The molecule has 0 radical (unpaired) electrons. The highest BCUT2D eigenvalue weighted by molar-refractivity contribution is 7.86. The van der Waals surface area contributed by atoms with Crippen LogP contribution in [0.5, 0.6) is 0 Å². The van der Waals surface area contributed by atoms with Gasteiger partial charge in [-0.3, -0.25) is 4.18 Å². The molecule has 0 aromatic heterocycles. The summed E-state index contributed by atoms with van der Waals surface area (Å²) in [5.41, 5.74) is -0.555. The van der Waals surface area contributed by atoms with Gasteiger partial charge in [-0.25, -0.2) is 4.79 Å². The SMILES string of the molecule is CC(C)(C)OC(=O)NC1CC(OS(=O)(=O)c2ccccc2)C1. The fourth-order valence-electron chi connectivity index (χ4n) is 2.06. The van der Waals surface area contributed by atoms with Gasteiger partial charge in [0.2, 0.25) is 0 Å². The van der Waals surface area contributed by atoms with Crippen molar-refractivity contribution < 1.29 is 22.1 Å². The highest BCUT2D eigenvalue weighted by Gasteiger charge is 2.35. The average Bonchev–Trinajstić information content (AvgIpc) is 2.35. The van der Waals surface area contributed by atoms with E-state index in [2.05, 4.69) is 5.32 Å². The molecule has 1 saturated carbocycles. The molecule has 1 aromatic rings. The number of alkyl carbamates (subject to hydrolysis) is 1. The third-order valence-electron chi connectivity index (χ3n) is 3.11. The number of amides is 1. The number of hydrogen-bond acceptors (Lipinski definition) is 5. The van der Waals surface area contributed by atoms with Crippen LogP contribution >= 0.6 is 0 Å². The maximum Gasteiger partial charge on any atom is 0.407 e. The van der Waals surface area contributed by atoms with Crippen molar-refractivity contribution in [2.24, 2.45) is 0 Å². The maximum absolute atomic E-state index is 12.0. The molecule has 0 saturated heterocycles. The summed E-state index contributed by atoms with van der Waals surface area (Å²) < 4.78 is 34.3. The van der Waals surface area contributed by atoms with E-state index in [4.69, 9.17) is 8.92 Å². The molecule has 7 heteroatoms. The summed E-state index contributed by atoms with van der Waals surface area (Å²) in [6, 6.07) is 7.89. The number of rotatable bonds is 4. The third-order valence-corrected chi connectivity index (χ3v) is 4.49. The van der Waals surface area contributed by atoms with Crippen LogP contribution in [0, 0.1) is 0 Å². The summed E-state index contributed by atoms with van der Waals surface area (Å²) in [5, 5.41) is 2.69. The summed E-state index contributed by atoms with van der Waals surface area (Å²) in [5.74, 6) is 0. The van der Waals surface area contributed by atoms with Crippen LogP contribution in [-0.2, 0) is 19.0 Å². The van der Waals surface area contributed by atoms with Gasteiger partial charge in [0.05, 0.1) is 11.0 Å². The van der Waals surface area contributed by atoms with Crippen LogP contribution in [0.4, 0.5) is 4.79 Å². The van der Waals surface area contributed by atoms with E-state index in [0.717, 1.165) is 0 Å². The van der Waals surface area contributed by atoms with E-state index in [9.17, 15) is 13.2 Å². The lowest BCUT2D eigenvalue weighted by molar-refractivity contribution is 0.0376. The first kappa shape index (κ1) is 16.8. The molecule has 6 nitrogen and oxygen atoms in total. The number of hydrogen-bond donors (Lipinski definition) is 1. The van der Waals surface area contributed by atoms with Crippen LogP contribution in [0.2, 0.25) is 0 Å². The van der Waals surface area contributed by atoms with Crippen molar-refractivity contribution in [3.05, 3.63) is 30.3 Å². The Kier molecular flexibility index (Phi) is 4.77. The molecule has 0 bridgehead atoms. The van der Waals surface area contributed by atoms with E-state index in [0.29, 0.717) is 12.8 Å². The van der Waals surface area contributed by atoms with Crippen molar-refractivity contribution in [2.45, 2.75) is 56.3 Å². The van der Waals surface area contributed by atoms with Crippen molar-refractivity contribution in [3.8, 4) is 0 Å². The molecule has 0 spiro atoms. The fraction of sp³-hybridized carbons (Fsp3) is 0.533. The van der Waals surface area contributed by atoms with Crippen LogP contribution in [-0.4, -0.2) is 32.3 Å². The summed E-state index contributed by atoms with van der Waals surface area (Å²) in [6.45, 7) is 5.35. The Hall–Kier alpha value is -1.60. The third kappa shape index (κ3) is 4.71. The van der Waals surface area contributed by atoms with Crippen molar-refractivity contribution in [3.63, 3.8) is 0 Å². The molecular weight excluding hydrogens is 306 g/mol. The molecule has 1 aliphatic rings. The Morgan fingerprint density at radius 3 is 2.32 bits per heavy atom. The summed E-state index contributed by atoms with van der Waals surface area (Å²) in [4.78, 5) is 11.7. The Balaban J connectivity index is 1.79. The van der Waals surface area contributed by atoms with Crippen molar-refractivity contribution >= 4 is 16.2 Å². The molecule has 0 unspecified atom stereocenters. The molecule has 22 heavy (non-hydrogen) atoms. The largest absolute Gasteiger partial charge is 0.444 e. The molecule has 0 atom stereocenters. The van der Waals surface area contributed by atoms with Crippen molar-refractivity contribution in [1.82, 2.24) is 5.32 Å². The highest BCUT2D eigenvalue weighted by Crippen LogP contribution is 2.27. The van der Waals surface area contributed by atoms with Crippen LogP contribution in [0.25, 0.3) is 0 Å². The monoisotopic (exact) mass is 327 g/mol. The van der Waals surface area contributed by atoms with E-state index in [-0.39, 0.29) is 10.9 Å². The van der Waals surface area contributed by atoms with Gasteiger partial charge in [0.15, 0.2) is 0 Å². The molecule has 0 aliphatic heterocycles. The number of carbonyl (C=O) groups is 1. The van der Waals surface area contributed by atoms with Gasteiger partial charge < -0.3 is 10.1 Å². The van der Waals surface area contributed by atoms with Gasteiger partial charge in [-0.1, -0.05) is 18.2 Å². The predicted octanol–water partition coefficient (Wildman–Crippen LogP) is 2.45. The minimum absolute atomic E-state index is 0.120. The topological polar surface area (TPSA) is 81.7 Å². The van der Waals surface area contributed by atoms with Gasteiger partial charge in [-0.15, -0.1) is 0 Å². The molecular formula is C15H21NO5S. The average molecular weight is 327 g/mol. The van der Waals surface area contributed by atoms with E-state index >= 15 is 0 Å². The smallest absolute Gasteiger partial charge is 0.407 e. The van der Waals surface area contributed by atoms with E-state index in [1.165, 1.54) is 12.1 Å². The second-order valence-electron chi connectivity index (χ2n) is 6.30. The molecule has 1 aliphatic carbocycles. The van der Waals surface area contributed by atoms with Crippen LogP contribution in [0.15, 0.2) is 35.2 Å². The predicted molar refractivity (Wildman–Crippen MR) is 80.9 cm³/mol. The first-order valence-corrected chi connectivity index (χ1v) is 8.54. The van der Waals surface area contributed by atoms with Gasteiger partial charge in [0.1, 0.15) is 5.60 Å². The molecule has 0 heterocycles. The lowest BCUT2D eigenvalue weighted by Gasteiger charge is -2.35. The molecule has 1 N–H and O–H groups in total. The Bertz CT molecular complexity index is 615. The quantitative estimate of drug-likeness (QED) is 0.859. The molecule has 1 amide bonds. The van der Waals surface area contributed by atoms with Crippen molar-refractivity contribution in [1.29, 1.82) is 0 Å². The zero-order chi connectivity index (χ0) is 16.4. The summed E-state index contributed by atoms with van der Waals surface area (Å²) in [6.07, 6.45) is -0.0108. The molecule has 1 fully saturated rings. The van der Waals surface area contributed by atoms with Crippen LogP contribution < -0.4 is 5.32 Å². The standard InChI is InChI=1S/C15H21NO5S/c1-15(2,3)20-14(17)16-11-9-12(10-11)21-22(18,19)13-7-5-4-6-8-13/h4-8,11-12H,9-10H2,1-3H3,(H,16,17). The molecule has 2 rings (SSSR count). The Morgan fingerprint density at radius 2 is 1.77 bits per heavy atom. The number of nitrogens with one attached hydrogen (secondary N) is 1. The highest BCUT2D eigenvalue weighted by atomic mass is 32.2. The van der Waals surface area contributed by atoms with E-state index in [1.807, 2.05) is 0 Å². The van der Waals surface area contributed by atoms with Gasteiger partial charge in [0.25, 0.3) is 10.1 Å². The zero-order valence-corrected chi connectivity index (χ0v) is 13.7. The normalized spacial score (nSPS) is 21.8. The second-order valence-corrected chi connectivity index (χ2v) is 7.87. The second kappa shape index (κ2) is 6.26. The minimum Gasteiger partial charge on any atom is -0.444 e. The minimum atomic E-state index is -3.75. The zero-order valence-electron chi connectivity index (χ0n) is 12.9. The van der Waals surface area contributed by atoms with Gasteiger partial charge in [-0.05, 0) is 45.7 Å². The molecule has 1 aromatic carbocycles. The van der Waals surface area contributed by atoms with Crippen LogP contribution in [0.3, 0.4) is 0 Å². The van der Waals surface area contributed by atoms with Crippen LogP contribution in [0.1, 0.15) is 33.6 Å². The molecule has 122 valence electrons. The van der Waals surface area contributed by atoms with Gasteiger partial charge >= 0.3 is 6.09 Å². The summed E-state index contributed by atoms with van der Waals surface area (Å²) >= 11 is 0. The lowest BCUT2D eigenvalue weighted by atomic mass is 9.90. The van der Waals surface area contributed by atoms with E-state index in [1.54, 1.807) is 39.0 Å². The number of carbonyl (C=O) groups excluding carboxylic acids is 1. The van der Waals surface area contributed by atoms with Gasteiger partial charge in [0, 0.05) is 6.04 Å². The first-order valence-electron chi connectivity index (χ1n) is 7.13. The maximum atomic E-state index is 12.0. The number of benzene rings is 1. The first-order chi connectivity index (χ1) is 10.2. The fourth-order valence-corrected chi connectivity index (χ4v) is 3.18. The Morgan fingerprint density at radius 1 is 1.18 bits per heavy atom.